The second-order valence-corrected chi connectivity index (χ2v) is 6.38. The fourth-order valence-electron chi connectivity index (χ4n) is 3.29. The van der Waals surface area contributed by atoms with Crippen LogP contribution in [0.3, 0.4) is 0 Å². The van der Waals surface area contributed by atoms with Gasteiger partial charge in [-0.3, -0.25) is 0 Å². The fourth-order valence-corrected chi connectivity index (χ4v) is 3.29. The van der Waals surface area contributed by atoms with E-state index in [-0.39, 0.29) is 6.10 Å². The number of aliphatic hydroxyl groups is 1. The number of nitrogens with zero attached hydrogens (tertiary/aromatic N) is 4. The van der Waals surface area contributed by atoms with Crippen molar-refractivity contribution in [2.24, 2.45) is 0 Å². The predicted octanol–water partition coefficient (Wildman–Crippen LogP) is 1.90. The zero-order valence-corrected chi connectivity index (χ0v) is 13.9. The number of aromatic nitrogens is 3. The van der Waals surface area contributed by atoms with E-state index in [4.69, 9.17) is 0 Å². The number of rotatable bonds is 5. The first-order valence-electron chi connectivity index (χ1n) is 8.37. The van der Waals surface area contributed by atoms with Gasteiger partial charge in [0.05, 0.1) is 11.5 Å². The Morgan fingerprint density at radius 2 is 2.22 bits per heavy atom. The van der Waals surface area contributed by atoms with Gasteiger partial charge in [0.1, 0.15) is 12.1 Å². The summed E-state index contributed by atoms with van der Waals surface area (Å²) in [5.41, 5.74) is 2.87. The number of fused-ring (bicyclic) bond motifs is 1. The van der Waals surface area contributed by atoms with Gasteiger partial charge in [0.25, 0.3) is 0 Å². The quantitative estimate of drug-likeness (QED) is 0.821. The molecule has 3 heterocycles. The lowest BCUT2D eigenvalue weighted by molar-refractivity contribution is 0.0706. The Hall–Kier alpha value is -1.79. The van der Waals surface area contributed by atoms with E-state index in [0.29, 0.717) is 0 Å². The van der Waals surface area contributed by atoms with Gasteiger partial charge in [-0.05, 0) is 57.8 Å². The summed E-state index contributed by atoms with van der Waals surface area (Å²) in [6.07, 6.45) is 4.47. The normalized spacial score (nSPS) is 19.2. The molecule has 0 spiro atoms. The molecule has 1 atom stereocenters. The summed E-state index contributed by atoms with van der Waals surface area (Å²) < 4.78 is 0. The van der Waals surface area contributed by atoms with Crippen LogP contribution in [-0.4, -0.2) is 57.2 Å². The van der Waals surface area contributed by atoms with Crippen molar-refractivity contribution in [3.63, 3.8) is 0 Å². The first-order chi connectivity index (χ1) is 11.1. The summed E-state index contributed by atoms with van der Waals surface area (Å²) in [6.45, 7) is 7.80. The highest BCUT2D eigenvalue weighted by molar-refractivity contribution is 5.89. The number of piperidine rings is 1. The summed E-state index contributed by atoms with van der Waals surface area (Å²) >= 11 is 0. The lowest BCUT2D eigenvalue weighted by atomic mass is 10.1. The molecule has 1 fully saturated rings. The molecule has 0 aromatic carbocycles. The van der Waals surface area contributed by atoms with Crippen LogP contribution in [-0.2, 0) is 0 Å². The number of pyridine rings is 1. The highest BCUT2D eigenvalue weighted by atomic mass is 16.3. The van der Waals surface area contributed by atoms with Gasteiger partial charge in [-0.2, -0.15) is 0 Å². The first-order valence-corrected chi connectivity index (χ1v) is 8.37. The third-order valence-corrected chi connectivity index (χ3v) is 4.35. The van der Waals surface area contributed by atoms with Crippen LogP contribution in [0.4, 0.5) is 5.82 Å². The number of likely N-dealkylation sites (tertiary alicyclic amines) is 1. The lowest BCUT2D eigenvalue weighted by Gasteiger charge is -2.29. The highest BCUT2D eigenvalue weighted by Gasteiger charge is 2.16. The zero-order valence-electron chi connectivity index (χ0n) is 13.9. The Morgan fingerprint density at radius 3 is 3.04 bits per heavy atom. The molecule has 1 aliphatic rings. The maximum atomic E-state index is 9.70. The van der Waals surface area contributed by atoms with Crippen LogP contribution in [0.2, 0.25) is 0 Å². The molecule has 2 aromatic heterocycles. The van der Waals surface area contributed by atoms with Crippen molar-refractivity contribution in [3.8, 4) is 0 Å². The standard InChI is InChI=1S/C17H25N5O/c1-12-9-13(2)21-17-15(12)16(19-11-20-17)18-6-4-8-22-7-3-5-14(23)10-22/h9,11,14,23H,3-8,10H2,1-2H3,(H,18,19,20,21)/t14-/m1/s1. The molecular formula is C17H25N5O. The number of nitrogens with one attached hydrogen (secondary N) is 1. The van der Waals surface area contributed by atoms with Crippen molar-refractivity contribution in [1.29, 1.82) is 0 Å². The van der Waals surface area contributed by atoms with Crippen LogP contribution in [0.5, 0.6) is 0 Å². The van der Waals surface area contributed by atoms with E-state index in [0.717, 1.165) is 73.6 Å². The summed E-state index contributed by atoms with van der Waals surface area (Å²) in [6, 6.07) is 2.06. The van der Waals surface area contributed by atoms with Gasteiger partial charge in [0.15, 0.2) is 5.65 Å². The molecular weight excluding hydrogens is 290 g/mol. The maximum absolute atomic E-state index is 9.70. The van der Waals surface area contributed by atoms with Gasteiger partial charge in [-0.1, -0.05) is 0 Å². The zero-order chi connectivity index (χ0) is 16.2. The van der Waals surface area contributed by atoms with Crippen LogP contribution >= 0.6 is 0 Å². The third-order valence-electron chi connectivity index (χ3n) is 4.35. The molecule has 3 rings (SSSR count). The number of anilines is 1. The van der Waals surface area contributed by atoms with E-state index in [1.54, 1.807) is 6.33 Å². The molecule has 23 heavy (non-hydrogen) atoms. The molecule has 0 radical (unpaired) electrons. The molecule has 1 saturated heterocycles. The number of hydrogen-bond acceptors (Lipinski definition) is 6. The van der Waals surface area contributed by atoms with Crippen LogP contribution in [0.25, 0.3) is 11.0 Å². The molecule has 6 nitrogen and oxygen atoms in total. The second kappa shape index (κ2) is 7.19. The average molecular weight is 315 g/mol. The Bertz CT molecular complexity index is 675. The van der Waals surface area contributed by atoms with E-state index in [2.05, 4.69) is 38.2 Å². The number of β-amino-alcohol motifs (C(OH)–C–C–N with tert-alkyl or cyclic N) is 1. The highest BCUT2D eigenvalue weighted by Crippen LogP contribution is 2.22. The minimum Gasteiger partial charge on any atom is -0.392 e. The summed E-state index contributed by atoms with van der Waals surface area (Å²) in [5.74, 6) is 0.860. The van der Waals surface area contributed by atoms with Crippen LogP contribution in [0.1, 0.15) is 30.5 Å². The summed E-state index contributed by atoms with van der Waals surface area (Å²) in [7, 11) is 0. The lowest BCUT2D eigenvalue weighted by Crippen LogP contribution is -2.39. The number of aryl methyl sites for hydroxylation is 2. The molecule has 0 amide bonds. The Morgan fingerprint density at radius 1 is 1.35 bits per heavy atom. The van der Waals surface area contributed by atoms with Crippen LogP contribution in [0.15, 0.2) is 12.4 Å². The molecule has 124 valence electrons. The smallest absolute Gasteiger partial charge is 0.165 e. The largest absolute Gasteiger partial charge is 0.392 e. The minimum atomic E-state index is -0.153. The average Bonchev–Trinajstić information content (AvgIpc) is 2.51. The Balaban J connectivity index is 1.59. The molecule has 1 aliphatic heterocycles. The van der Waals surface area contributed by atoms with Crippen molar-refractivity contribution >= 4 is 16.9 Å². The number of aliphatic hydroxyl groups excluding tert-OH is 1. The first kappa shape index (κ1) is 16.1. The van der Waals surface area contributed by atoms with Gasteiger partial charge in [0.2, 0.25) is 0 Å². The fraction of sp³-hybridized carbons (Fsp3) is 0.588. The number of hydrogen-bond donors (Lipinski definition) is 2. The van der Waals surface area contributed by atoms with E-state index in [1.165, 1.54) is 0 Å². The maximum Gasteiger partial charge on any atom is 0.165 e. The van der Waals surface area contributed by atoms with Crippen molar-refractivity contribution in [2.45, 2.75) is 39.2 Å². The van der Waals surface area contributed by atoms with Crippen LogP contribution in [0, 0.1) is 13.8 Å². The van der Waals surface area contributed by atoms with Crippen molar-refractivity contribution in [1.82, 2.24) is 19.9 Å². The molecule has 2 N–H and O–H groups in total. The van der Waals surface area contributed by atoms with Crippen LogP contribution < -0.4 is 5.32 Å². The molecule has 0 bridgehead atoms. The third kappa shape index (κ3) is 3.95. The van der Waals surface area contributed by atoms with Gasteiger partial charge >= 0.3 is 0 Å². The second-order valence-electron chi connectivity index (χ2n) is 6.38. The van der Waals surface area contributed by atoms with E-state index < -0.39 is 0 Å². The van der Waals surface area contributed by atoms with E-state index in [1.807, 2.05) is 6.92 Å². The minimum absolute atomic E-state index is 0.153. The SMILES string of the molecule is Cc1cc(C)c2c(NCCCN3CCC[C@@H](O)C3)ncnc2n1. The van der Waals surface area contributed by atoms with Crippen molar-refractivity contribution < 1.29 is 5.11 Å². The molecule has 6 heteroatoms. The molecule has 0 saturated carbocycles. The predicted molar refractivity (Wildman–Crippen MR) is 91.6 cm³/mol. The van der Waals surface area contributed by atoms with E-state index >= 15 is 0 Å². The Kier molecular flexibility index (Phi) is 5.03. The van der Waals surface area contributed by atoms with Gasteiger partial charge in [-0.15, -0.1) is 0 Å². The van der Waals surface area contributed by atoms with Gasteiger partial charge in [-0.25, -0.2) is 15.0 Å². The topological polar surface area (TPSA) is 74.2 Å². The Labute approximate surface area is 137 Å². The molecule has 0 unspecified atom stereocenters. The van der Waals surface area contributed by atoms with Crippen molar-refractivity contribution in [3.05, 3.63) is 23.7 Å². The summed E-state index contributed by atoms with van der Waals surface area (Å²) in [4.78, 5) is 15.5. The van der Waals surface area contributed by atoms with E-state index in [9.17, 15) is 5.11 Å². The monoisotopic (exact) mass is 315 g/mol. The van der Waals surface area contributed by atoms with Crippen molar-refractivity contribution in [2.75, 3.05) is 31.5 Å². The molecule has 0 aliphatic carbocycles. The molecule has 2 aromatic rings. The van der Waals surface area contributed by atoms with Gasteiger partial charge in [0, 0.05) is 18.8 Å². The summed E-state index contributed by atoms with van der Waals surface area (Å²) in [5, 5.41) is 14.1. The van der Waals surface area contributed by atoms with Gasteiger partial charge < -0.3 is 15.3 Å².